The third kappa shape index (κ3) is 38.5. The minimum Gasteiger partial charge on any atom is -1.00 e. The van der Waals surface area contributed by atoms with Crippen LogP contribution in [-0.4, -0.2) is 118 Å². The number of rotatable bonds is 33. The van der Waals surface area contributed by atoms with E-state index in [4.69, 9.17) is 42.6 Å². The summed E-state index contributed by atoms with van der Waals surface area (Å²) in [6.45, 7) is 28.8. The number of carbonyl (C=O) groups excluding carboxylic acids is 7. The Bertz CT molecular complexity index is 4140. The number of quaternary nitrogens is 1. The van der Waals surface area contributed by atoms with Gasteiger partial charge in [-0.1, -0.05) is 201 Å². The number of aromatic hydroxyl groups is 1. The van der Waals surface area contributed by atoms with Crippen molar-refractivity contribution in [1.82, 2.24) is 4.90 Å². The van der Waals surface area contributed by atoms with Crippen LogP contribution in [0.25, 0.3) is 0 Å². The monoisotopic (exact) mass is 1660 g/mol. The first-order valence-corrected chi connectivity index (χ1v) is 38.5. The van der Waals surface area contributed by atoms with Crippen LogP contribution < -0.4 is 38.2 Å². The number of hydrogen-bond acceptors (Lipinski definition) is 18. The number of phenolic OH excluding ortho intramolecular Hbond substituents is 1. The molecule has 0 aliphatic rings. The van der Waals surface area contributed by atoms with E-state index >= 15 is 0 Å². The lowest BCUT2D eigenvalue weighted by atomic mass is 9.97. The lowest BCUT2D eigenvalue weighted by molar-refractivity contribution is -0.870. The van der Waals surface area contributed by atoms with Crippen molar-refractivity contribution in [3.63, 3.8) is 0 Å². The zero-order chi connectivity index (χ0) is 82.5. The number of ether oxygens (including phenoxy) is 9. The second kappa shape index (κ2) is 49.6. The molecule has 0 radical (unpaired) electrons. The Balaban J connectivity index is 0.000000319. The van der Waals surface area contributed by atoms with Crippen LogP contribution in [-0.2, 0) is 105 Å². The number of nitrogens with zero attached hydrogens (tertiary/aromatic N) is 2. The largest absolute Gasteiger partial charge is 1.00 e. The summed E-state index contributed by atoms with van der Waals surface area (Å²) < 4.78 is 47.7. The van der Waals surface area contributed by atoms with E-state index in [1.807, 2.05) is 116 Å². The summed E-state index contributed by atoms with van der Waals surface area (Å²) in [5, 5.41) is 9.24. The van der Waals surface area contributed by atoms with Gasteiger partial charge in [0.25, 0.3) is 0 Å². The topological polar surface area (TPSA) is 226 Å². The molecule has 0 aromatic heterocycles. The predicted molar refractivity (Wildman–Crippen MR) is 437 cm³/mol. The first-order valence-electron chi connectivity index (χ1n) is 38.5. The molecule has 113 heavy (non-hydrogen) atoms. The first kappa shape index (κ1) is 95.5. The van der Waals surface area contributed by atoms with E-state index in [0.717, 1.165) is 70.2 Å². The van der Waals surface area contributed by atoms with Crippen LogP contribution in [0.15, 0.2) is 194 Å². The van der Waals surface area contributed by atoms with Gasteiger partial charge in [0.1, 0.15) is 69.2 Å². The minimum absolute atomic E-state index is 0. The Hall–Kier alpha value is -9.90. The van der Waals surface area contributed by atoms with E-state index in [1.165, 1.54) is 29.2 Å². The van der Waals surface area contributed by atoms with Crippen LogP contribution in [0.1, 0.15) is 180 Å². The highest BCUT2D eigenvalue weighted by Crippen LogP contribution is 2.26. The van der Waals surface area contributed by atoms with Crippen LogP contribution >= 0.6 is 0 Å². The molecule has 0 saturated carbocycles. The van der Waals surface area contributed by atoms with Gasteiger partial charge < -0.3 is 81.1 Å². The molecule has 0 spiro atoms. The van der Waals surface area contributed by atoms with E-state index in [1.54, 1.807) is 97.1 Å². The van der Waals surface area contributed by atoms with E-state index in [0.29, 0.717) is 58.5 Å². The maximum absolute atomic E-state index is 12.5. The van der Waals surface area contributed by atoms with Gasteiger partial charge in [-0.25, -0.2) is 9.59 Å². The Kier molecular flexibility index (Phi) is 41.9. The number of carbonyl (C=O) groups is 7. The minimum atomic E-state index is -0.741. The summed E-state index contributed by atoms with van der Waals surface area (Å²) in [6.07, 6.45) is 2.64. The molecule has 0 aliphatic carbocycles. The van der Waals surface area contributed by atoms with Crippen molar-refractivity contribution in [3.05, 3.63) is 261 Å². The quantitative estimate of drug-likeness (QED) is 0.0101. The average Bonchev–Trinajstić information content (AvgIpc) is 0.870. The lowest BCUT2D eigenvalue weighted by Crippen LogP contribution is -3.00. The molecule has 0 bridgehead atoms. The van der Waals surface area contributed by atoms with Gasteiger partial charge in [0.2, 0.25) is 0 Å². The molecule has 8 aromatic carbocycles. The number of hydrogen-bond donors (Lipinski definition) is 1. The van der Waals surface area contributed by atoms with Crippen molar-refractivity contribution in [2.75, 3.05) is 61.5 Å². The Morgan fingerprint density at radius 2 is 0.558 bits per heavy atom. The first-order chi connectivity index (χ1) is 53.1. The van der Waals surface area contributed by atoms with Gasteiger partial charge in [0.15, 0.2) is 0 Å². The molecule has 4 atom stereocenters. The summed E-state index contributed by atoms with van der Waals surface area (Å²) in [4.78, 5) is 85.6. The number of likely N-dealkylation sites (N-methyl/N-ethyl adjacent to an activating group) is 2. The van der Waals surface area contributed by atoms with E-state index in [2.05, 4.69) is 104 Å². The summed E-state index contributed by atoms with van der Waals surface area (Å²) >= 11 is 0. The van der Waals surface area contributed by atoms with Crippen molar-refractivity contribution >= 4 is 42.2 Å². The summed E-state index contributed by atoms with van der Waals surface area (Å²) in [6, 6.07) is 59.8. The molecule has 8 aromatic rings. The zero-order valence-corrected chi connectivity index (χ0v) is 71.5. The SMILES string of the molecule is CC(=O)Oc1ccc(COC(=O)C(C)c2ccc(CC(C)C)cc2)cc1.CC(C)Cc1ccc(C(C)C(=O)OCc2ccc(O)cc2)cc1.CC(C)Cc1ccc(C(C)C(=O)OCc2ccc(OC(=O)OCCN(C)C)cc2)cc1.CC(C)Cc1ccc(C(C)C(=O)OCc2ccc(OC(=O)OCC[N+](C)(C)C)cc2)cc1.[I-]. The van der Waals surface area contributed by atoms with E-state index in [-0.39, 0.29) is 123 Å². The Labute approximate surface area is 687 Å². The van der Waals surface area contributed by atoms with Crippen LogP contribution in [0, 0.1) is 23.7 Å². The highest BCUT2D eigenvalue weighted by molar-refractivity contribution is 5.79. The van der Waals surface area contributed by atoms with Crippen molar-refractivity contribution in [3.8, 4) is 23.0 Å². The van der Waals surface area contributed by atoms with Crippen molar-refractivity contribution in [1.29, 1.82) is 0 Å². The smallest absolute Gasteiger partial charge is 0.514 e. The number of phenols is 1. The van der Waals surface area contributed by atoms with Crippen LogP contribution in [0.2, 0.25) is 0 Å². The predicted octanol–water partition coefficient (Wildman–Crippen LogP) is 15.9. The number of benzene rings is 8. The maximum atomic E-state index is 12.5. The van der Waals surface area contributed by atoms with Crippen molar-refractivity contribution < 1.29 is 110 Å². The molecule has 8 rings (SSSR count). The molecular formula is C93H119IN2O17. The molecule has 4 unspecified atom stereocenters. The number of halogens is 1. The Morgan fingerprint density at radius 1 is 0.327 bits per heavy atom. The normalized spacial score (nSPS) is 12.0. The average molecular weight is 1660 g/mol. The van der Waals surface area contributed by atoms with Gasteiger partial charge in [-0.2, -0.15) is 0 Å². The molecule has 0 aliphatic heterocycles. The van der Waals surface area contributed by atoms with Gasteiger partial charge in [0.05, 0.1) is 44.8 Å². The molecule has 610 valence electrons. The van der Waals surface area contributed by atoms with Gasteiger partial charge in [0, 0.05) is 13.5 Å². The second-order valence-corrected chi connectivity index (χ2v) is 31.1. The van der Waals surface area contributed by atoms with Crippen molar-refractivity contribution in [2.45, 2.75) is 166 Å². The lowest BCUT2D eigenvalue weighted by Gasteiger charge is -2.23. The molecule has 1 N–H and O–H groups in total. The fourth-order valence-electron chi connectivity index (χ4n) is 11.0. The second-order valence-electron chi connectivity index (χ2n) is 31.1. The van der Waals surface area contributed by atoms with Gasteiger partial charge >= 0.3 is 42.2 Å². The molecule has 19 nitrogen and oxygen atoms in total. The van der Waals surface area contributed by atoms with Crippen LogP contribution in [0.5, 0.6) is 23.0 Å². The third-order valence-electron chi connectivity index (χ3n) is 17.5. The molecule has 0 amide bonds. The fraction of sp³-hybridized carbons (Fsp3) is 0.409. The standard InChI is InChI=1S/C26H36NO5.C25H33NO5.C22H26O4.C20H24O3.HI/c1-19(2)17-21-7-11-23(12-8-21)20(3)25(28)31-18-22-9-13-24(14-10-22)32-26(29)30-16-15-27(4,5)6;1-18(2)16-20-6-10-22(11-7-20)19(3)24(27)30-17-21-8-12-23(13-9-21)31-25(28)29-15-14-26(4)5;1-15(2)13-18-5-9-20(10-6-18)16(3)22(24)25-14-19-7-11-21(12-8-19)26-17(4)23;1-14(2)12-16-4-8-18(9-5-16)15(3)20(22)23-13-17-6-10-19(21)11-7-17;/h7-14,19-20H,15-18H2,1-6H3;6-13,18-19H,14-17H2,1-5H3;5-12,15-16H,13-14H2,1-4H3;4-11,14-15,21H,12-13H2,1-3H3;1H/q+1;;;;/p-1. The Morgan fingerprint density at radius 3 is 0.788 bits per heavy atom. The highest BCUT2D eigenvalue weighted by Gasteiger charge is 2.22. The summed E-state index contributed by atoms with van der Waals surface area (Å²) in [5.41, 5.74) is 12.2. The van der Waals surface area contributed by atoms with E-state index in [9.17, 15) is 38.7 Å². The molecule has 0 fully saturated rings. The zero-order valence-electron chi connectivity index (χ0n) is 69.3. The molecule has 20 heteroatoms. The van der Waals surface area contributed by atoms with Crippen LogP contribution in [0.3, 0.4) is 0 Å². The molecule has 0 heterocycles. The fourth-order valence-corrected chi connectivity index (χ4v) is 11.0. The third-order valence-corrected chi connectivity index (χ3v) is 17.5. The van der Waals surface area contributed by atoms with Gasteiger partial charge in [-0.05, 0) is 206 Å². The molecule has 0 saturated heterocycles. The summed E-state index contributed by atoms with van der Waals surface area (Å²) in [5.74, 6) is 1.15. The van der Waals surface area contributed by atoms with Gasteiger partial charge in [-0.3, -0.25) is 24.0 Å². The van der Waals surface area contributed by atoms with Crippen molar-refractivity contribution in [2.24, 2.45) is 23.7 Å². The van der Waals surface area contributed by atoms with E-state index < -0.39 is 12.3 Å². The van der Waals surface area contributed by atoms with Crippen LogP contribution in [0.4, 0.5) is 9.59 Å². The maximum Gasteiger partial charge on any atom is 0.514 e. The summed E-state index contributed by atoms with van der Waals surface area (Å²) in [7, 11) is 9.84. The van der Waals surface area contributed by atoms with Gasteiger partial charge in [-0.15, -0.1) is 0 Å². The highest BCUT2D eigenvalue weighted by atomic mass is 127. The molecular weight excluding hydrogens is 1540 g/mol. The number of esters is 5.